The number of phosphoric acid groups is 2. The molecule has 0 spiro atoms. The fourth-order valence-electron chi connectivity index (χ4n) is 10.1. The molecule has 0 aromatic rings. The molecule has 0 aliphatic carbocycles. The summed E-state index contributed by atoms with van der Waals surface area (Å²) in [4.78, 5) is 72.4. The smallest absolute Gasteiger partial charge is 0.462 e. The SMILES string of the molecule is CCCCCCCCCCCC(=O)OC[C@H](COP(=O)(O)OC[C@H](O)COP(=O)(O)OC[C@@H](COC(=O)CCCCCCCCCCCCC(C)CC)OC(=O)CCCCCCCCCCCCCC(C)C)OC(=O)CCCCCCCCC(C)CC. The van der Waals surface area contributed by atoms with Crippen LogP contribution >= 0.6 is 15.6 Å². The number of aliphatic hydroxyl groups excluding tert-OH is 1. The van der Waals surface area contributed by atoms with Crippen LogP contribution in [0.4, 0.5) is 0 Å². The topological polar surface area (TPSA) is 237 Å². The fraction of sp³-hybridized carbons (Fsp3) is 0.941. The molecule has 516 valence electrons. The monoisotopic (exact) mass is 1280 g/mol. The van der Waals surface area contributed by atoms with Gasteiger partial charge in [0.2, 0.25) is 0 Å². The first-order valence-electron chi connectivity index (χ1n) is 35.4. The highest BCUT2D eigenvalue weighted by molar-refractivity contribution is 7.47. The molecule has 0 fully saturated rings. The summed E-state index contributed by atoms with van der Waals surface area (Å²) < 4.78 is 68.2. The lowest BCUT2D eigenvalue weighted by Gasteiger charge is -2.21. The van der Waals surface area contributed by atoms with Crippen molar-refractivity contribution >= 4 is 39.5 Å². The van der Waals surface area contributed by atoms with Gasteiger partial charge in [-0.05, 0) is 43.4 Å². The molecular weight excluding hydrogens is 1150 g/mol. The van der Waals surface area contributed by atoms with E-state index >= 15 is 0 Å². The molecule has 3 N–H and O–H groups in total. The molecule has 17 nitrogen and oxygen atoms in total. The zero-order valence-electron chi connectivity index (χ0n) is 56.5. The lowest BCUT2D eigenvalue weighted by atomic mass is 9.99. The van der Waals surface area contributed by atoms with Crippen molar-refractivity contribution in [3.8, 4) is 0 Å². The van der Waals surface area contributed by atoms with E-state index in [0.717, 1.165) is 108 Å². The Morgan fingerprint density at radius 2 is 0.586 bits per heavy atom. The molecule has 0 aliphatic rings. The molecule has 87 heavy (non-hydrogen) atoms. The number of hydrogen-bond donors (Lipinski definition) is 3. The van der Waals surface area contributed by atoms with Gasteiger partial charge >= 0.3 is 39.5 Å². The lowest BCUT2D eigenvalue weighted by molar-refractivity contribution is -0.161. The summed E-state index contributed by atoms with van der Waals surface area (Å²) in [5, 5.41) is 10.6. The average molecular weight is 1280 g/mol. The quantitative estimate of drug-likeness (QED) is 0.0222. The van der Waals surface area contributed by atoms with Crippen LogP contribution in [0, 0.1) is 17.8 Å². The minimum absolute atomic E-state index is 0.103. The molecular formula is C68H132O17P2. The number of carbonyl (C=O) groups is 4. The van der Waals surface area contributed by atoms with Crippen molar-refractivity contribution in [1.82, 2.24) is 0 Å². The molecule has 4 unspecified atom stereocenters. The predicted octanol–water partition coefficient (Wildman–Crippen LogP) is 19.1. The molecule has 0 rings (SSSR count). The number of ether oxygens (including phenoxy) is 4. The summed E-state index contributed by atoms with van der Waals surface area (Å²) in [6.07, 6.45) is 41.6. The van der Waals surface area contributed by atoms with Gasteiger partial charge in [-0.15, -0.1) is 0 Å². The Morgan fingerprint density at radius 1 is 0.333 bits per heavy atom. The van der Waals surface area contributed by atoms with Gasteiger partial charge in [0.25, 0.3) is 0 Å². The number of carbonyl (C=O) groups excluding carboxylic acids is 4. The van der Waals surface area contributed by atoms with Gasteiger partial charge in [0, 0.05) is 25.7 Å². The predicted molar refractivity (Wildman–Crippen MR) is 349 cm³/mol. The van der Waals surface area contributed by atoms with Gasteiger partial charge < -0.3 is 33.8 Å². The van der Waals surface area contributed by atoms with Crippen LogP contribution in [0.3, 0.4) is 0 Å². The van der Waals surface area contributed by atoms with E-state index in [-0.39, 0.29) is 25.7 Å². The first-order chi connectivity index (χ1) is 41.8. The molecule has 0 aromatic heterocycles. The van der Waals surface area contributed by atoms with Gasteiger partial charge in [0.15, 0.2) is 12.2 Å². The lowest BCUT2D eigenvalue weighted by Crippen LogP contribution is -2.30. The number of hydrogen-bond acceptors (Lipinski definition) is 15. The van der Waals surface area contributed by atoms with Crippen molar-refractivity contribution in [3.63, 3.8) is 0 Å². The van der Waals surface area contributed by atoms with E-state index in [1.165, 1.54) is 148 Å². The van der Waals surface area contributed by atoms with E-state index in [1.807, 2.05) is 0 Å². The number of unbranched alkanes of at least 4 members (excludes halogenated alkanes) is 32. The van der Waals surface area contributed by atoms with Gasteiger partial charge in [-0.25, -0.2) is 9.13 Å². The zero-order chi connectivity index (χ0) is 64.5. The van der Waals surface area contributed by atoms with Crippen molar-refractivity contribution in [2.75, 3.05) is 39.6 Å². The van der Waals surface area contributed by atoms with Crippen molar-refractivity contribution in [3.05, 3.63) is 0 Å². The highest BCUT2D eigenvalue weighted by Gasteiger charge is 2.30. The zero-order valence-corrected chi connectivity index (χ0v) is 58.3. The van der Waals surface area contributed by atoms with E-state index in [9.17, 15) is 43.2 Å². The van der Waals surface area contributed by atoms with E-state index in [1.54, 1.807) is 0 Å². The molecule has 0 saturated heterocycles. The van der Waals surface area contributed by atoms with Gasteiger partial charge in [-0.3, -0.25) is 37.3 Å². The molecule has 0 amide bonds. The standard InChI is InChI=1S/C68H132O17P2/c1-8-11-12-13-14-20-27-35-42-49-65(70)78-56-64(85-68(73)52-45-38-31-30-34-41-48-61(7)10-3)58-83-87(76,77)81-54-62(69)53-80-86(74,75)82-57-63(84-67(72)51-44-37-29-24-17-15-16-21-25-32-39-46-59(4)5)55-79-66(71)50-43-36-28-23-19-18-22-26-33-40-47-60(6)9-2/h59-64,69H,8-58H2,1-7H3,(H,74,75)(H,76,77)/t60?,61?,62-,63-,64-/m1/s1. The summed E-state index contributed by atoms with van der Waals surface area (Å²) in [5.74, 6) is 0.163. The Kier molecular flexibility index (Phi) is 57.8. The highest BCUT2D eigenvalue weighted by atomic mass is 31.2. The van der Waals surface area contributed by atoms with Crippen molar-refractivity contribution in [2.45, 2.75) is 356 Å². The highest BCUT2D eigenvalue weighted by Crippen LogP contribution is 2.45. The largest absolute Gasteiger partial charge is 0.472 e. The number of rotatable bonds is 66. The second-order valence-electron chi connectivity index (χ2n) is 25.5. The van der Waals surface area contributed by atoms with Crippen LogP contribution in [0.1, 0.15) is 337 Å². The molecule has 7 atom stereocenters. The first kappa shape index (κ1) is 85.1. The van der Waals surface area contributed by atoms with Crippen LogP contribution in [0.25, 0.3) is 0 Å². The number of aliphatic hydroxyl groups is 1. The Hall–Kier alpha value is -1.94. The van der Waals surface area contributed by atoms with Crippen LogP contribution in [0.2, 0.25) is 0 Å². The summed E-state index contributed by atoms with van der Waals surface area (Å²) in [6, 6.07) is 0. The minimum atomic E-state index is -4.95. The van der Waals surface area contributed by atoms with Gasteiger partial charge in [0.1, 0.15) is 19.3 Å². The summed E-state index contributed by atoms with van der Waals surface area (Å²) >= 11 is 0. The van der Waals surface area contributed by atoms with Crippen molar-refractivity contribution in [2.24, 2.45) is 17.8 Å². The third-order valence-electron chi connectivity index (χ3n) is 16.4. The van der Waals surface area contributed by atoms with E-state index in [4.69, 9.17) is 37.0 Å². The van der Waals surface area contributed by atoms with Crippen LogP contribution in [-0.4, -0.2) is 96.7 Å². The van der Waals surface area contributed by atoms with Crippen LogP contribution in [-0.2, 0) is 65.4 Å². The second-order valence-corrected chi connectivity index (χ2v) is 28.4. The second kappa shape index (κ2) is 59.1. The number of phosphoric ester groups is 2. The third kappa shape index (κ3) is 60.1. The third-order valence-corrected chi connectivity index (χ3v) is 18.3. The fourth-order valence-corrected chi connectivity index (χ4v) is 11.7. The molecule has 0 radical (unpaired) electrons. The molecule has 0 aliphatic heterocycles. The van der Waals surface area contributed by atoms with Crippen LogP contribution in [0.15, 0.2) is 0 Å². The van der Waals surface area contributed by atoms with E-state index in [2.05, 4.69) is 48.5 Å². The maximum Gasteiger partial charge on any atom is 0.472 e. The Bertz CT molecular complexity index is 1720. The Morgan fingerprint density at radius 3 is 0.874 bits per heavy atom. The van der Waals surface area contributed by atoms with E-state index in [0.29, 0.717) is 25.7 Å². The van der Waals surface area contributed by atoms with Gasteiger partial charge in [-0.1, -0.05) is 286 Å². The van der Waals surface area contributed by atoms with Gasteiger partial charge in [-0.2, -0.15) is 0 Å². The minimum Gasteiger partial charge on any atom is -0.462 e. The van der Waals surface area contributed by atoms with E-state index < -0.39 is 97.5 Å². The molecule has 0 saturated carbocycles. The molecule has 19 heteroatoms. The number of esters is 4. The first-order valence-corrected chi connectivity index (χ1v) is 38.4. The maximum absolute atomic E-state index is 13.0. The van der Waals surface area contributed by atoms with Crippen molar-refractivity contribution in [1.29, 1.82) is 0 Å². The molecule has 0 heterocycles. The summed E-state index contributed by atoms with van der Waals surface area (Å²) in [5.41, 5.74) is 0. The average Bonchev–Trinajstić information content (AvgIpc) is 3.70. The summed E-state index contributed by atoms with van der Waals surface area (Å²) in [7, 11) is -9.90. The van der Waals surface area contributed by atoms with Crippen molar-refractivity contribution < 1.29 is 80.2 Å². The normalized spacial score (nSPS) is 14.9. The Labute approximate surface area is 530 Å². The van der Waals surface area contributed by atoms with Crippen LogP contribution < -0.4 is 0 Å². The van der Waals surface area contributed by atoms with Gasteiger partial charge in [0.05, 0.1) is 26.4 Å². The summed E-state index contributed by atoms with van der Waals surface area (Å²) in [6.45, 7) is 11.8. The molecule has 0 bridgehead atoms. The van der Waals surface area contributed by atoms with Crippen LogP contribution in [0.5, 0.6) is 0 Å². The maximum atomic E-state index is 13.0. The molecule has 0 aromatic carbocycles. The Balaban J connectivity index is 5.25.